The van der Waals surface area contributed by atoms with Crippen LogP contribution in [0.5, 0.6) is 0 Å². The fourth-order valence-electron chi connectivity index (χ4n) is 4.86. The molecule has 0 bridgehead atoms. The Hall–Kier alpha value is -1.34. The summed E-state index contributed by atoms with van der Waals surface area (Å²) < 4.78 is 2.36. The van der Waals surface area contributed by atoms with E-state index in [1.807, 2.05) is 11.9 Å². The third-order valence-corrected chi connectivity index (χ3v) is 8.64. The van der Waals surface area contributed by atoms with Gasteiger partial charge in [-0.25, -0.2) is 0 Å². The first-order valence-electron chi connectivity index (χ1n) is 11.5. The zero-order chi connectivity index (χ0) is 20.9. The maximum absolute atomic E-state index is 12.9. The molecule has 7 heteroatoms. The molecule has 0 N–H and O–H groups in total. The summed E-state index contributed by atoms with van der Waals surface area (Å²) >= 11 is 3.35. The minimum atomic E-state index is 0.220. The molecule has 5 nitrogen and oxygen atoms in total. The summed E-state index contributed by atoms with van der Waals surface area (Å²) in [5.74, 6) is 2.52. The molecule has 0 aromatic carbocycles. The standard InChI is InChI=1S/C23H34N4OS2/c1-17-10-12-18(13-11-17)26(2)22(28)16-30-23-25-24-21(15-20-9-6-14-29-20)27(23)19-7-4-3-5-8-19/h6,9,14,17-19H,3-5,7-8,10-13,15-16H2,1-2H3. The number of hydrogen-bond donors (Lipinski definition) is 0. The second-order valence-corrected chi connectivity index (χ2v) is 11.0. The van der Waals surface area contributed by atoms with Gasteiger partial charge in [0.2, 0.25) is 5.91 Å². The monoisotopic (exact) mass is 446 g/mol. The van der Waals surface area contributed by atoms with Crippen molar-refractivity contribution in [3.63, 3.8) is 0 Å². The van der Waals surface area contributed by atoms with Crippen LogP contribution in [0.1, 0.15) is 81.5 Å². The van der Waals surface area contributed by atoms with Gasteiger partial charge in [0.05, 0.1) is 5.75 Å². The first-order chi connectivity index (χ1) is 14.6. The normalized spacial score (nSPS) is 22.9. The molecule has 2 heterocycles. The van der Waals surface area contributed by atoms with E-state index in [1.165, 1.54) is 49.8 Å². The molecule has 1 amide bonds. The molecule has 4 rings (SSSR count). The second kappa shape index (κ2) is 10.3. The molecule has 2 saturated carbocycles. The number of carbonyl (C=O) groups excluding carboxylic acids is 1. The van der Waals surface area contributed by atoms with E-state index in [1.54, 1.807) is 23.1 Å². The summed E-state index contributed by atoms with van der Waals surface area (Å²) in [7, 11) is 1.98. The molecule has 0 unspecified atom stereocenters. The van der Waals surface area contributed by atoms with Gasteiger partial charge in [-0.1, -0.05) is 44.0 Å². The van der Waals surface area contributed by atoms with E-state index in [2.05, 4.69) is 39.2 Å². The highest BCUT2D eigenvalue weighted by Crippen LogP contribution is 2.34. The van der Waals surface area contributed by atoms with E-state index in [-0.39, 0.29) is 5.91 Å². The molecule has 2 fully saturated rings. The number of carbonyl (C=O) groups is 1. The Kier molecular flexibility index (Phi) is 7.52. The van der Waals surface area contributed by atoms with E-state index in [9.17, 15) is 4.79 Å². The third-order valence-electron chi connectivity index (χ3n) is 6.84. The van der Waals surface area contributed by atoms with Crippen LogP contribution in [0, 0.1) is 5.92 Å². The minimum Gasteiger partial charge on any atom is -0.342 e. The van der Waals surface area contributed by atoms with Gasteiger partial charge in [0.1, 0.15) is 5.82 Å². The smallest absolute Gasteiger partial charge is 0.233 e. The molecule has 0 atom stereocenters. The Balaban J connectivity index is 1.43. The topological polar surface area (TPSA) is 51.0 Å². The Bertz CT molecular complexity index is 805. The van der Waals surface area contributed by atoms with Gasteiger partial charge in [-0.15, -0.1) is 21.5 Å². The van der Waals surface area contributed by atoms with Crippen LogP contribution in [0.4, 0.5) is 0 Å². The van der Waals surface area contributed by atoms with E-state index in [4.69, 9.17) is 0 Å². The lowest BCUT2D eigenvalue weighted by atomic mass is 9.87. The summed E-state index contributed by atoms with van der Waals surface area (Å²) in [6.07, 6.45) is 11.8. The lowest BCUT2D eigenvalue weighted by Crippen LogP contribution is -2.40. The zero-order valence-electron chi connectivity index (χ0n) is 18.3. The highest BCUT2D eigenvalue weighted by atomic mass is 32.2. The predicted molar refractivity (Wildman–Crippen MR) is 124 cm³/mol. The molecule has 2 aromatic heterocycles. The first-order valence-corrected chi connectivity index (χ1v) is 13.3. The molecular weight excluding hydrogens is 412 g/mol. The molecular formula is C23H34N4OS2. The van der Waals surface area contributed by atoms with Gasteiger partial charge >= 0.3 is 0 Å². The van der Waals surface area contributed by atoms with Crippen molar-refractivity contribution < 1.29 is 4.79 Å². The van der Waals surface area contributed by atoms with Gasteiger partial charge in [0.25, 0.3) is 0 Å². The van der Waals surface area contributed by atoms with E-state index >= 15 is 0 Å². The summed E-state index contributed by atoms with van der Waals surface area (Å²) in [4.78, 5) is 16.2. The van der Waals surface area contributed by atoms with Gasteiger partial charge < -0.3 is 9.47 Å². The minimum absolute atomic E-state index is 0.220. The average molecular weight is 447 g/mol. The van der Waals surface area contributed by atoms with Crippen LogP contribution in [0.3, 0.4) is 0 Å². The highest BCUT2D eigenvalue weighted by molar-refractivity contribution is 7.99. The van der Waals surface area contributed by atoms with Crippen molar-refractivity contribution in [3.8, 4) is 0 Å². The molecule has 30 heavy (non-hydrogen) atoms. The molecule has 2 aromatic rings. The Morgan fingerprint density at radius 3 is 2.63 bits per heavy atom. The van der Waals surface area contributed by atoms with Crippen molar-refractivity contribution in [1.29, 1.82) is 0 Å². The van der Waals surface area contributed by atoms with Crippen molar-refractivity contribution in [2.24, 2.45) is 5.92 Å². The fraction of sp³-hybridized carbons (Fsp3) is 0.696. The first kappa shape index (κ1) is 21.9. The highest BCUT2D eigenvalue weighted by Gasteiger charge is 2.27. The van der Waals surface area contributed by atoms with Gasteiger partial charge in [-0.3, -0.25) is 4.79 Å². The van der Waals surface area contributed by atoms with Crippen LogP contribution in [0.2, 0.25) is 0 Å². The number of aromatic nitrogens is 3. The quantitative estimate of drug-likeness (QED) is 0.522. The molecule has 2 aliphatic carbocycles. The number of thioether (sulfide) groups is 1. The SMILES string of the molecule is CC1CCC(N(C)C(=O)CSc2nnc(Cc3cccs3)n2C2CCCCC2)CC1. The number of rotatable bonds is 7. The third kappa shape index (κ3) is 5.28. The summed E-state index contributed by atoms with van der Waals surface area (Å²) in [5, 5.41) is 12.1. The van der Waals surface area contributed by atoms with E-state index in [0.29, 0.717) is 17.8 Å². The molecule has 0 radical (unpaired) electrons. The van der Waals surface area contributed by atoms with E-state index < -0.39 is 0 Å². The van der Waals surface area contributed by atoms with Crippen LogP contribution in [0.15, 0.2) is 22.7 Å². The molecule has 0 saturated heterocycles. The number of nitrogens with zero attached hydrogens (tertiary/aromatic N) is 4. The van der Waals surface area contributed by atoms with Crippen LogP contribution in [-0.4, -0.2) is 44.4 Å². The summed E-state index contributed by atoms with van der Waals surface area (Å²) in [6.45, 7) is 2.32. The van der Waals surface area contributed by atoms with Gasteiger partial charge in [0.15, 0.2) is 5.16 Å². The summed E-state index contributed by atoms with van der Waals surface area (Å²) in [5.41, 5.74) is 0. The van der Waals surface area contributed by atoms with Gasteiger partial charge in [-0.05, 0) is 55.9 Å². The molecule has 164 valence electrons. The maximum Gasteiger partial charge on any atom is 0.233 e. The van der Waals surface area contributed by atoms with Crippen LogP contribution in [0.25, 0.3) is 0 Å². The van der Waals surface area contributed by atoms with Crippen molar-refractivity contribution in [2.45, 2.75) is 88.4 Å². The number of thiophene rings is 1. The van der Waals surface area contributed by atoms with Crippen LogP contribution in [-0.2, 0) is 11.2 Å². The van der Waals surface area contributed by atoms with Crippen LogP contribution >= 0.6 is 23.1 Å². The van der Waals surface area contributed by atoms with Crippen molar-refractivity contribution in [3.05, 3.63) is 28.2 Å². The van der Waals surface area contributed by atoms with Crippen molar-refractivity contribution >= 4 is 29.0 Å². The summed E-state index contributed by atoms with van der Waals surface area (Å²) in [6, 6.07) is 5.14. The maximum atomic E-state index is 12.9. The predicted octanol–water partition coefficient (Wildman–Crippen LogP) is 5.56. The number of amides is 1. The number of hydrogen-bond acceptors (Lipinski definition) is 5. The fourth-order valence-corrected chi connectivity index (χ4v) is 6.51. The van der Waals surface area contributed by atoms with Crippen molar-refractivity contribution in [1.82, 2.24) is 19.7 Å². The Morgan fingerprint density at radius 1 is 1.17 bits per heavy atom. The van der Waals surface area contributed by atoms with Crippen molar-refractivity contribution in [2.75, 3.05) is 12.8 Å². The Labute approximate surface area is 188 Å². The zero-order valence-corrected chi connectivity index (χ0v) is 19.9. The van der Waals surface area contributed by atoms with Crippen LogP contribution < -0.4 is 0 Å². The Morgan fingerprint density at radius 2 is 1.93 bits per heavy atom. The average Bonchev–Trinajstić information content (AvgIpc) is 3.43. The molecule has 0 aliphatic heterocycles. The molecule has 2 aliphatic rings. The van der Waals surface area contributed by atoms with E-state index in [0.717, 1.165) is 36.2 Å². The second-order valence-electron chi connectivity index (χ2n) is 9.02. The lowest BCUT2D eigenvalue weighted by molar-refractivity contribution is -0.129. The molecule has 0 spiro atoms. The lowest BCUT2D eigenvalue weighted by Gasteiger charge is -2.33. The largest absolute Gasteiger partial charge is 0.342 e. The van der Waals surface area contributed by atoms with Gasteiger partial charge in [0, 0.05) is 30.4 Å². The van der Waals surface area contributed by atoms with Gasteiger partial charge in [-0.2, -0.15) is 0 Å².